The van der Waals surface area contributed by atoms with Crippen LogP contribution in [0.3, 0.4) is 0 Å². The molecule has 1 aromatic heterocycles. The van der Waals surface area contributed by atoms with Crippen LogP contribution in [0.15, 0.2) is 71.3 Å². The Balaban J connectivity index is 1.92. The van der Waals surface area contributed by atoms with Crippen molar-refractivity contribution < 1.29 is 40.3 Å². The minimum absolute atomic E-state index is 0.0443. The number of rotatable bonds is 8. The molecule has 3 rings (SSSR count). The molecule has 11 heteroatoms. The molecule has 0 aliphatic rings. The lowest BCUT2D eigenvalue weighted by Gasteiger charge is -2.30. The maximum atomic E-state index is 13.3. The molecule has 0 radical (unpaired) electrons. The number of hydrogen-bond donors (Lipinski definition) is 0. The fourth-order valence-corrected chi connectivity index (χ4v) is 3.61. The molecule has 5 nitrogen and oxygen atoms in total. The number of hydrogen-bond acceptors (Lipinski definition) is 3. The van der Waals surface area contributed by atoms with Gasteiger partial charge >= 0.3 is 12.4 Å². The Morgan fingerprint density at radius 2 is 1.43 bits per heavy atom. The number of halogens is 6. The summed E-state index contributed by atoms with van der Waals surface area (Å²) in [6, 6.07) is 12.2. The molecule has 0 aliphatic carbocycles. The SMILES string of the molecule is CC(C)N(CC(=O)N(Cc1ccccc1)Cc1ccco1)C(=O)c1cc(C(F)(F)F)cc(C(F)(F)F)c1. The largest absolute Gasteiger partial charge is 0.467 e. The van der Waals surface area contributed by atoms with Crippen LogP contribution in [0.25, 0.3) is 0 Å². The monoisotopic (exact) mass is 526 g/mol. The van der Waals surface area contributed by atoms with E-state index in [9.17, 15) is 35.9 Å². The van der Waals surface area contributed by atoms with Crippen molar-refractivity contribution in [2.45, 2.75) is 45.3 Å². The molecule has 37 heavy (non-hydrogen) atoms. The van der Waals surface area contributed by atoms with Gasteiger partial charge in [0.2, 0.25) is 5.91 Å². The molecule has 2 aromatic carbocycles. The summed E-state index contributed by atoms with van der Waals surface area (Å²) in [5.74, 6) is -1.23. The second-order valence-electron chi connectivity index (χ2n) is 8.64. The van der Waals surface area contributed by atoms with Crippen molar-refractivity contribution >= 4 is 11.8 Å². The molecule has 0 saturated heterocycles. The predicted octanol–water partition coefficient (Wildman–Crippen LogP) is 6.40. The summed E-state index contributed by atoms with van der Waals surface area (Å²) in [7, 11) is 0. The first-order chi connectivity index (χ1) is 17.3. The molecular weight excluding hydrogens is 502 g/mol. The Hall–Kier alpha value is -3.76. The first kappa shape index (κ1) is 27.8. The van der Waals surface area contributed by atoms with Crippen molar-refractivity contribution in [3.63, 3.8) is 0 Å². The van der Waals surface area contributed by atoms with Gasteiger partial charge in [0.25, 0.3) is 5.91 Å². The van der Waals surface area contributed by atoms with E-state index >= 15 is 0 Å². The average molecular weight is 526 g/mol. The Kier molecular flexibility index (Phi) is 8.35. The molecular formula is C26H24F6N2O3. The third-order valence-corrected chi connectivity index (χ3v) is 5.52. The molecule has 0 fully saturated rings. The highest BCUT2D eigenvalue weighted by Crippen LogP contribution is 2.36. The number of carbonyl (C=O) groups is 2. The van der Waals surface area contributed by atoms with E-state index in [-0.39, 0.29) is 19.2 Å². The molecule has 0 aliphatic heterocycles. The van der Waals surface area contributed by atoms with Crippen LogP contribution in [0, 0.1) is 0 Å². The van der Waals surface area contributed by atoms with Gasteiger partial charge in [0, 0.05) is 18.2 Å². The zero-order chi connectivity index (χ0) is 27.4. The maximum absolute atomic E-state index is 13.3. The van der Waals surface area contributed by atoms with E-state index in [0.29, 0.717) is 17.9 Å². The highest BCUT2D eigenvalue weighted by molar-refractivity contribution is 5.97. The van der Waals surface area contributed by atoms with Crippen LogP contribution in [-0.4, -0.2) is 34.2 Å². The van der Waals surface area contributed by atoms with Gasteiger partial charge in [-0.25, -0.2) is 0 Å². The van der Waals surface area contributed by atoms with E-state index in [4.69, 9.17) is 4.42 Å². The van der Waals surface area contributed by atoms with Gasteiger partial charge in [-0.1, -0.05) is 30.3 Å². The van der Waals surface area contributed by atoms with Gasteiger partial charge in [-0.2, -0.15) is 26.3 Å². The number of nitrogens with zero attached hydrogens (tertiary/aromatic N) is 2. The normalized spacial score (nSPS) is 12.0. The Morgan fingerprint density at radius 1 is 0.838 bits per heavy atom. The lowest BCUT2D eigenvalue weighted by atomic mass is 10.0. The summed E-state index contributed by atoms with van der Waals surface area (Å²) in [6.07, 6.45) is -8.79. The smallest absolute Gasteiger partial charge is 0.416 e. The second kappa shape index (κ2) is 11.1. The summed E-state index contributed by atoms with van der Waals surface area (Å²) in [5, 5.41) is 0. The minimum Gasteiger partial charge on any atom is -0.467 e. The lowest BCUT2D eigenvalue weighted by Crippen LogP contribution is -2.45. The summed E-state index contributed by atoms with van der Waals surface area (Å²) in [6.45, 7) is 2.64. The van der Waals surface area contributed by atoms with Gasteiger partial charge < -0.3 is 14.2 Å². The van der Waals surface area contributed by atoms with Crippen LogP contribution >= 0.6 is 0 Å². The van der Waals surface area contributed by atoms with Crippen molar-refractivity contribution in [2.75, 3.05) is 6.54 Å². The Morgan fingerprint density at radius 3 is 1.92 bits per heavy atom. The van der Waals surface area contributed by atoms with Crippen LogP contribution in [0.5, 0.6) is 0 Å². The van der Waals surface area contributed by atoms with E-state index in [0.717, 1.165) is 10.5 Å². The molecule has 3 aromatic rings. The quantitative estimate of drug-likeness (QED) is 0.320. The molecule has 0 atom stereocenters. The predicted molar refractivity (Wildman–Crippen MR) is 122 cm³/mol. The molecule has 0 N–H and O–H groups in total. The van der Waals surface area contributed by atoms with Gasteiger partial charge in [0.05, 0.1) is 23.9 Å². The van der Waals surface area contributed by atoms with Crippen LogP contribution < -0.4 is 0 Å². The van der Waals surface area contributed by atoms with Crippen molar-refractivity contribution in [3.05, 3.63) is 94.9 Å². The molecule has 0 unspecified atom stereocenters. The van der Waals surface area contributed by atoms with Gasteiger partial charge in [-0.05, 0) is 49.7 Å². The van der Waals surface area contributed by atoms with Gasteiger partial charge in [-0.3, -0.25) is 9.59 Å². The summed E-state index contributed by atoms with van der Waals surface area (Å²) in [4.78, 5) is 28.8. The average Bonchev–Trinajstić information content (AvgIpc) is 3.34. The van der Waals surface area contributed by atoms with Crippen molar-refractivity contribution in [1.29, 1.82) is 0 Å². The molecule has 0 bridgehead atoms. The van der Waals surface area contributed by atoms with E-state index < -0.39 is 53.4 Å². The number of furan rings is 1. The third-order valence-electron chi connectivity index (χ3n) is 5.52. The number of benzene rings is 2. The minimum atomic E-state index is -5.11. The van der Waals surface area contributed by atoms with Gasteiger partial charge in [0.15, 0.2) is 0 Å². The lowest BCUT2D eigenvalue weighted by molar-refractivity contribution is -0.143. The van der Waals surface area contributed by atoms with Crippen molar-refractivity contribution in [2.24, 2.45) is 0 Å². The fourth-order valence-electron chi connectivity index (χ4n) is 3.61. The van der Waals surface area contributed by atoms with Gasteiger partial charge in [-0.15, -0.1) is 0 Å². The standard InChI is InChI=1S/C26H24F6N2O3/c1-17(2)34(24(36)19-11-20(25(27,28)29)13-21(12-19)26(30,31)32)16-23(35)33(15-22-9-6-10-37-22)14-18-7-4-3-5-8-18/h3-13,17H,14-16H2,1-2H3. The number of carbonyl (C=O) groups excluding carboxylic acids is 2. The van der Waals surface area contributed by atoms with Crippen LogP contribution in [0.2, 0.25) is 0 Å². The maximum Gasteiger partial charge on any atom is 0.416 e. The Labute approximate surface area is 209 Å². The number of amides is 2. The fraction of sp³-hybridized carbons (Fsp3) is 0.308. The molecule has 0 spiro atoms. The zero-order valence-corrected chi connectivity index (χ0v) is 19.9. The zero-order valence-electron chi connectivity index (χ0n) is 19.9. The summed E-state index contributed by atoms with van der Waals surface area (Å²) < 4.78 is 85.1. The first-order valence-corrected chi connectivity index (χ1v) is 11.2. The second-order valence-corrected chi connectivity index (χ2v) is 8.64. The summed E-state index contributed by atoms with van der Waals surface area (Å²) >= 11 is 0. The van der Waals surface area contributed by atoms with Crippen molar-refractivity contribution in [1.82, 2.24) is 9.80 Å². The first-order valence-electron chi connectivity index (χ1n) is 11.2. The molecule has 1 heterocycles. The van der Waals surface area contributed by atoms with Crippen LogP contribution in [0.1, 0.15) is 46.7 Å². The van der Waals surface area contributed by atoms with Crippen LogP contribution in [0.4, 0.5) is 26.3 Å². The third kappa shape index (κ3) is 7.37. The van der Waals surface area contributed by atoms with E-state index in [1.807, 2.05) is 0 Å². The van der Waals surface area contributed by atoms with Crippen LogP contribution in [-0.2, 0) is 30.2 Å². The van der Waals surface area contributed by atoms with E-state index in [2.05, 4.69) is 0 Å². The highest BCUT2D eigenvalue weighted by atomic mass is 19.4. The number of alkyl halides is 6. The molecule has 2 amide bonds. The summed E-state index contributed by atoms with van der Waals surface area (Å²) in [5.41, 5.74) is -3.25. The molecule has 198 valence electrons. The highest BCUT2D eigenvalue weighted by Gasteiger charge is 2.38. The Bertz CT molecular complexity index is 1170. The van der Waals surface area contributed by atoms with Crippen molar-refractivity contribution in [3.8, 4) is 0 Å². The molecule has 0 saturated carbocycles. The van der Waals surface area contributed by atoms with Gasteiger partial charge in [0.1, 0.15) is 12.3 Å². The van der Waals surface area contributed by atoms with E-state index in [1.165, 1.54) is 25.0 Å². The topological polar surface area (TPSA) is 53.8 Å². The van der Waals surface area contributed by atoms with E-state index in [1.54, 1.807) is 42.5 Å².